The lowest BCUT2D eigenvalue weighted by atomic mass is 10.1. The van der Waals surface area contributed by atoms with Gasteiger partial charge in [0.2, 0.25) is 3.79 Å². The second-order valence-electron chi connectivity index (χ2n) is 5.30. The van der Waals surface area contributed by atoms with Crippen molar-refractivity contribution in [1.82, 2.24) is 9.88 Å². The Morgan fingerprint density at radius 1 is 1.30 bits per heavy atom. The van der Waals surface area contributed by atoms with Gasteiger partial charge in [0.05, 0.1) is 0 Å². The Kier molecular flexibility index (Phi) is 6.03. The lowest BCUT2D eigenvalue weighted by Crippen LogP contribution is -2.19. The summed E-state index contributed by atoms with van der Waals surface area (Å²) in [5, 5.41) is 0.847. The average molecular weight is 380 g/mol. The summed E-state index contributed by atoms with van der Waals surface area (Å²) >= 11 is 16.6. The fourth-order valence-electron chi connectivity index (χ4n) is 2.11. The number of H-pyrrole nitrogens is 1. The fourth-order valence-corrected chi connectivity index (χ4v) is 2.27. The van der Waals surface area contributed by atoms with Crippen molar-refractivity contribution in [3.8, 4) is 5.75 Å². The van der Waals surface area contributed by atoms with E-state index in [1.165, 1.54) is 0 Å². The topological polar surface area (TPSA) is 54.6 Å². The molecular formula is C15H17Cl3N2O3. The minimum absolute atomic E-state index is 0.382. The number of fused-ring (bicyclic) bond motifs is 1. The van der Waals surface area contributed by atoms with E-state index in [4.69, 9.17) is 44.3 Å². The number of carbonyl (C=O) groups excluding carboxylic acids is 1. The number of aromatic amines is 1. The van der Waals surface area contributed by atoms with Gasteiger partial charge in [-0.1, -0.05) is 40.9 Å². The Morgan fingerprint density at radius 3 is 2.70 bits per heavy atom. The van der Waals surface area contributed by atoms with Crippen LogP contribution in [0.3, 0.4) is 0 Å². The number of alkyl halides is 3. The van der Waals surface area contributed by atoms with Crippen LogP contribution in [0.2, 0.25) is 0 Å². The maximum atomic E-state index is 11.8. The van der Waals surface area contributed by atoms with Crippen molar-refractivity contribution in [3.63, 3.8) is 0 Å². The predicted molar refractivity (Wildman–Crippen MR) is 92.8 cm³/mol. The molecule has 0 aliphatic rings. The van der Waals surface area contributed by atoms with Gasteiger partial charge in [0, 0.05) is 23.6 Å². The van der Waals surface area contributed by atoms with Gasteiger partial charge in [-0.15, -0.1) is 0 Å². The highest BCUT2D eigenvalue weighted by molar-refractivity contribution is 6.67. The summed E-state index contributed by atoms with van der Waals surface area (Å²) in [5.74, 6) is 0.409. The van der Waals surface area contributed by atoms with Crippen molar-refractivity contribution < 1.29 is 14.3 Å². The third-order valence-corrected chi connectivity index (χ3v) is 3.45. The lowest BCUT2D eigenvalue weighted by Gasteiger charge is -2.12. The summed E-state index contributed by atoms with van der Waals surface area (Å²) in [5.41, 5.74) is 1.93. The minimum atomic E-state index is -1.67. The van der Waals surface area contributed by atoms with Gasteiger partial charge >= 0.3 is 6.16 Å². The maximum absolute atomic E-state index is 11.8. The number of aromatic nitrogens is 1. The van der Waals surface area contributed by atoms with Gasteiger partial charge < -0.3 is 19.4 Å². The summed E-state index contributed by atoms with van der Waals surface area (Å²) in [4.78, 5) is 17.0. The second-order valence-corrected chi connectivity index (χ2v) is 7.82. The Hall–Kier alpha value is -1.14. The van der Waals surface area contributed by atoms with Gasteiger partial charge in [0.1, 0.15) is 12.4 Å². The standard InChI is InChI=1S/C15H17Cl3N2O3/c1-20(2)7-6-10-8-19-11-4-3-5-12(13(10)11)23-14(21)22-9-15(16,17)18/h3-5,8,19H,6-7,9H2,1-2H3. The first-order chi connectivity index (χ1) is 10.8. The first kappa shape index (κ1) is 18.2. The number of rotatable bonds is 5. The largest absolute Gasteiger partial charge is 0.514 e. The molecule has 0 saturated carbocycles. The van der Waals surface area contributed by atoms with Gasteiger partial charge in [-0.05, 0) is 38.2 Å². The van der Waals surface area contributed by atoms with Crippen LogP contribution in [0.5, 0.6) is 5.75 Å². The number of nitrogens with one attached hydrogen (secondary N) is 1. The molecule has 2 rings (SSSR count). The smallest absolute Gasteiger partial charge is 0.429 e. The first-order valence-electron chi connectivity index (χ1n) is 6.91. The van der Waals surface area contributed by atoms with Crippen LogP contribution in [0.1, 0.15) is 5.56 Å². The summed E-state index contributed by atoms with van der Waals surface area (Å²) < 4.78 is 8.39. The molecule has 0 aliphatic carbocycles. The normalized spacial score (nSPS) is 11.9. The van der Waals surface area contributed by atoms with Crippen molar-refractivity contribution >= 4 is 51.9 Å². The molecule has 2 aromatic rings. The predicted octanol–water partition coefficient (Wildman–Crippen LogP) is 4.16. The molecule has 0 spiro atoms. The van der Waals surface area contributed by atoms with Crippen LogP contribution in [0.25, 0.3) is 10.9 Å². The van der Waals surface area contributed by atoms with E-state index >= 15 is 0 Å². The van der Waals surface area contributed by atoms with Crippen LogP contribution in [-0.2, 0) is 11.2 Å². The van der Waals surface area contributed by atoms with E-state index in [1.807, 2.05) is 26.4 Å². The molecule has 0 aliphatic heterocycles. The molecule has 0 fully saturated rings. The van der Waals surface area contributed by atoms with E-state index in [0.29, 0.717) is 5.75 Å². The van der Waals surface area contributed by atoms with Crippen molar-refractivity contribution in [2.24, 2.45) is 0 Å². The van der Waals surface area contributed by atoms with Crippen LogP contribution in [0, 0.1) is 0 Å². The summed E-state index contributed by atoms with van der Waals surface area (Å²) in [6.07, 6.45) is 1.81. The molecule has 1 aromatic carbocycles. The first-order valence-corrected chi connectivity index (χ1v) is 8.05. The van der Waals surface area contributed by atoms with Crippen molar-refractivity contribution in [2.75, 3.05) is 27.2 Å². The molecule has 0 atom stereocenters. The third-order valence-electron chi connectivity index (χ3n) is 3.12. The van der Waals surface area contributed by atoms with Crippen LogP contribution >= 0.6 is 34.8 Å². The van der Waals surface area contributed by atoms with Crippen molar-refractivity contribution in [2.45, 2.75) is 10.2 Å². The number of likely N-dealkylation sites (N-methyl/N-ethyl adjacent to an activating group) is 1. The summed E-state index contributed by atoms with van der Waals surface area (Å²) in [7, 11) is 4.00. The maximum Gasteiger partial charge on any atom is 0.514 e. The van der Waals surface area contributed by atoms with Crippen molar-refractivity contribution in [3.05, 3.63) is 30.0 Å². The van der Waals surface area contributed by atoms with Crippen LogP contribution in [0.15, 0.2) is 24.4 Å². The SMILES string of the molecule is CN(C)CCc1c[nH]c2cccc(OC(=O)OCC(Cl)(Cl)Cl)c12. The van der Waals surface area contributed by atoms with Gasteiger partial charge in [0.15, 0.2) is 0 Å². The minimum Gasteiger partial charge on any atom is -0.429 e. The van der Waals surface area contributed by atoms with E-state index in [1.54, 1.807) is 12.1 Å². The summed E-state index contributed by atoms with van der Waals surface area (Å²) in [6.45, 7) is 0.492. The zero-order chi connectivity index (χ0) is 17.0. The number of halogens is 3. The number of ether oxygens (including phenoxy) is 2. The quantitative estimate of drug-likeness (QED) is 0.481. The zero-order valence-corrected chi connectivity index (χ0v) is 15.0. The highest BCUT2D eigenvalue weighted by Gasteiger charge is 2.23. The Bertz CT molecular complexity index is 680. The molecule has 0 bridgehead atoms. The molecule has 8 heteroatoms. The molecular weight excluding hydrogens is 363 g/mol. The van der Waals surface area contributed by atoms with E-state index in [-0.39, 0.29) is 6.61 Å². The van der Waals surface area contributed by atoms with Gasteiger partial charge in [-0.2, -0.15) is 0 Å². The van der Waals surface area contributed by atoms with E-state index < -0.39 is 9.95 Å². The molecule has 0 radical (unpaired) electrons. The van der Waals surface area contributed by atoms with E-state index in [2.05, 4.69) is 9.88 Å². The molecule has 0 unspecified atom stereocenters. The monoisotopic (exact) mass is 378 g/mol. The zero-order valence-electron chi connectivity index (χ0n) is 12.7. The lowest BCUT2D eigenvalue weighted by molar-refractivity contribution is 0.101. The Morgan fingerprint density at radius 2 is 2.04 bits per heavy atom. The van der Waals surface area contributed by atoms with Crippen molar-refractivity contribution in [1.29, 1.82) is 0 Å². The van der Waals surface area contributed by atoms with Crippen LogP contribution in [0.4, 0.5) is 4.79 Å². The highest BCUT2D eigenvalue weighted by Crippen LogP contribution is 2.30. The van der Waals surface area contributed by atoms with Crippen LogP contribution < -0.4 is 4.74 Å². The highest BCUT2D eigenvalue weighted by atomic mass is 35.6. The molecule has 1 N–H and O–H groups in total. The number of nitrogens with zero attached hydrogens (tertiary/aromatic N) is 1. The Labute approximate surface area is 149 Å². The number of hydrogen-bond acceptors (Lipinski definition) is 4. The van der Waals surface area contributed by atoms with Crippen LogP contribution in [-0.4, -0.2) is 47.1 Å². The number of carbonyl (C=O) groups is 1. The average Bonchev–Trinajstić information content (AvgIpc) is 2.86. The second kappa shape index (κ2) is 7.62. The molecule has 1 heterocycles. The molecule has 1 aromatic heterocycles. The molecule has 5 nitrogen and oxygen atoms in total. The third kappa shape index (κ3) is 5.46. The Balaban J connectivity index is 2.16. The molecule has 0 amide bonds. The van der Waals surface area contributed by atoms with Gasteiger partial charge in [-0.25, -0.2) is 4.79 Å². The molecule has 126 valence electrons. The number of benzene rings is 1. The molecule has 23 heavy (non-hydrogen) atoms. The number of hydrogen-bond donors (Lipinski definition) is 1. The van der Waals surface area contributed by atoms with Gasteiger partial charge in [0.25, 0.3) is 0 Å². The fraction of sp³-hybridized carbons (Fsp3) is 0.400. The summed E-state index contributed by atoms with van der Waals surface area (Å²) in [6, 6.07) is 5.39. The molecule has 0 saturated heterocycles. The van der Waals surface area contributed by atoms with Gasteiger partial charge in [-0.3, -0.25) is 0 Å². The van der Waals surface area contributed by atoms with E-state index in [0.717, 1.165) is 29.4 Å². The van der Waals surface area contributed by atoms with E-state index in [9.17, 15) is 4.79 Å².